The Morgan fingerprint density at radius 2 is 1.67 bits per heavy atom. The third-order valence-electron chi connectivity index (χ3n) is 5.21. The molecule has 0 saturated heterocycles. The molecule has 0 unspecified atom stereocenters. The lowest BCUT2D eigenvalue weighted by Crippen LogP contribution is -2.45. The van der Waals surface area contributed by atoms with Gasteiger partial charge in [-0.25, -0.2) is 14.2 Å². The van der Waals surface area contributed by atoms with Crippen LogP contribution in [0.1, 0.15) is 11.3 Å². The van der Waals surface area contributed by atoms with Crippen molar-refractivity contribution in [1.29, 1.82) is 0 Å². The number of rotatable bonds is 8. The van der Waals surface area contributed by atoms with Gasteiger partial charge < -0.3 is 15.4 Å². The van der Waals surface area contributed by atoms with E-state index in [0.29, 0.717) is 22.2 Å². The van der Waals surface area contributed by atoms with Crippen LogP contribution in [0.5, 0.6) is 11.5 Å². The molecule has 0 bridgehead atoms. The number of carbonyl (C=O) groups is 1. The van der Waals surface area contributed by atoms with Crippen molar-refractivity contribution in [3.63, 3.8) is 0 Å². The quantitative estimate of drug-likeness (QED) is 0.377. The number of aryl methyl sites for hydroxylation is 1. The van der Waals surface area contributed by atoms with Crippen molar-refractivity contribution in [2.24, 2.45) is 0 Å². The molecule has 2 N–H and O–H groups in total. The van der Waals surface area contributed by atoms with E-state index >= 15 is 0 Å². The topological polar surface area (TPSA) is 120 Å². The summed E-state index contributed by atoms with van der Waals surface area (Å²) in [7, 11) is 1.42. The normalized spacial score (nSPS) is 10.6. The van der Waals surface area contributed by atoms with E-state index in [4.69, 9.17) is 16.3 Å². The van der Waals surface area contributed by atoms with Crippen LogP contribution < -0.4 is 26.7 Å². The first-order chi connectivity index (χ1) is 17.3. The molecule has 4 rings (SSSR count). The fourth-order valence-electron chi connectivity index (χ4n) is 3.28. The minimum Gasteiger partial charge on any atom is -0.456 e. The second-order valence-electron chi connectivity index (χ2n) is 7.86. The zero-order chi connectivity index (χ0) is 25.7. The minimum atomic E-state index is -0.842. The Balaban J connectivity index is 1.64. The van der Waals surface area contributed by atoms with Gasteiger partial charge in [-0.05, 0) is 61.0 Å². The number of nitrogens with one attached hydrogen (secondary N) is 2. The molecule has 0 aliphatic heterocycles. The number of nitrogens with zero attached hydrogens (tertiary/aromatic N) is 4. The van der Waals surface area contributed by atoms with Gasteiger partial charge in [-0.2, -0.15) is 4.98 Å². The molecule has 11 heteroatoms. The number of anilines is 2. The van der Waals surface area contributed by atoms with Gasteiger partial charge in [-0.3, -0.25) is 14.3 Å². The summed E-state index contributed by atoms with van der Waals surface area (Å²) >= 11 is 5.98. The fraction of sp³-hybridized carbons (Fsp3) is 0.160. The van der Waals surface area contributed by atoms with E-state index in [9.17, 15) is 14.4 Å². The first kappa shape index (κ1) is 24.7. The highest BCUT2D eigenvalue weighted by Crippen LogP contribution is 2.23. The molecule has 0 aliphatic carbocycles. The van der Waals surface area contributed by atoms with Crippen molar-refractivity contribution in [2.45, 2.75) is 20.0 Å². The standard InChI is InChI=1S/C25H23ClN6O4/c1-16-3-10-21(13-28-16)36-20-11-8-19(9-12-20)29-23-30-24(34)32(15-22(33)27-2)25(35)31(23)14-17-4-6-18(26)7-5-17/h3-13H,14-15H2,1-2H3,(H,27,33)(H,29,30,34). The van der Waals surface area contributed by atoms with Gasteiger partial charge in [0.05, 0.1) is 12.7 Å². The van der Waals surface area contributed by atoms with Crippen LogP contribution in [-0.4, -0.2) is 32.1 Å². The highest BCUT2D eigenvalue weighted by Gasteiger charge is 2.16. The number of benzene rings is 2. The van der Waals surface area contributed by atoms with Crippen molar-refractivity contribution in [3.8, 4) is 11.5 Å². The van der Waals surface area contributed by atoms with E-state index in [0.717, 1.165) is 15.8 Å². The maximum absolute atomic E-state index is 13.2. The average Bonchev–Trinajstić information content (AvgIpc) is 2.87. The van der Waals surface area contributed by atoms with Gasteiger partial charge in [0.25, 0.3) is 0 Å². The van der Waals surface area contributed by atoms with Gasteiger partial charge in [0, 0.05) is 23.5 Å². The molecule has 2 heterocycles. The van der Waals surface area contributed by atoms with E-state index in [-0.39, 0.29) is 12.5 Å². The molecule has 0 fully saturated rings. The van der Waals surface area contributed by atoms with Crippen LogP contribution in [0.2, 0.25) is 5.02 Å². The molecule has 0 saturated carbocycles. The molecule has 1 amide bonds. The summed E-state index contributed by atoms with van der Waals surface area (Å²) < 4.78 is 7.86. The first-order valence-electron chi connectivity index (χ1n) is 11.0. The molecule has 2 aromatic heterocycles. The van der Waals surface area contributed by atoms with E-state index in [1.165, 1.54) is 11.6 Å². The molecule has 0 radical (unpaired) electrons. The van der Waals surface area contributed by atoms with E-state index < -0.39 is 23.8 Å². The summed E-state index contributed by atoms with van der Waals surface area (Å²) in [5.74, 6) is 0.719. The van der Waals surface area contributed by atoms with Crippen LogP contribution >= 0.6 is 11.6 Å². The van der Waals surface area contributed by atoms with Crippen molar-refractivity contribution < 1.29 is 9.53 Å². The largest absolute Gasteiger partial charge is 0.456 e. The molecule has 2 aromatic carbocycles. The zero-order valence-electron chi connectivity index (χ0n) is 19.6. The SMILES string of the molecule is CNC(=O)Cn1c(=O)nc(Nc2ccc(Oc3ccc(C)nc3)cc2)n(Cc2ccc(Cl)cc2)c1=O. The summed E-state index contributed by atoms with van der Waals surface area (Å²) in [6.07, 6.45) is 1.63. The van der Waals surface area contributed by atoms with Gasteiger partial charge in [0.15, 0.2) is 0 Å². The predicted molar refractivity (Wildman–Crippen MR) is 136 cm³/mol. The summed E-state index contributed by atoms with van der Waals surface area (Å²) in [6.45, 7) is 1.55. The molecule has 0 aliphatic rings. The van der Waals surface area contributed by atoms with Crippen LogP contribution in [0, 0.1) is 6.92 Å². The number of amides is 1. The Morgan fingerprint density at radius 1 is 0.972 bits per heavy atom. The number of halogens is 1. The number of pyridine rings is 1. The highest BCUT2D eigenvalue weighted by atomic mass is 35.5. The molecule has 4 aromatic rings. The molecule has 0 atom stereocenters. The Labute approximate surface area is 211 Å². The molecular formula is C25H23ClN6O4. The van der Waals surface area contributed by atoms with Crippen molar-refractivity contribution in [3.05, 3.63) is 104 Å². The van der Waals surface area contributed by atoms with Crippen LogP contribution in [0.25, 0.3) is 0 Å². The van der Waals surface area contributed by atoms with Gasteiger partial charge in [0.2, 0.25) is 11.9 Å². The van der Waals surface area contributed by atoms with Gasteiger partial charge in [0.1, 0.15) is 18.0 Å². The van der Waals surface area contributed by atoms with Crippen LogP contribution in [-0.2, 0) is 17.9 Å². The third-order valence-corrected chi connectivity index (χ3v) is 5.47. The minimum absolute atomic E-state index is 0.0320. The Kier molecular flexibility index (Phi) is 7.45. The fourth-order valence-corrected chi connectivity index (χ4v) is 3.41. The second-order valence-corrected chi connectivity index (χ2v) is 8.30. The summed E-state index contributed by atoms with van der Waals surface area (Å²) in [4.78, 5) is 45.9. The smallest absolute Gasteiger partial charge is 0.355 e. The zero-order valence-corrected chi connectivity index (χ0v) is 20.3. The Morgan fingerprint density at radius 3 is 2.31 bits per heavy atom. The molecule has 0 spiro atoms. The monoisotopic (exact) mass is 506 g/mol. The van der Waals surface area contributed by atoms with Crippen molar-refractivity contribution in [1.82, 2.24) is 24.4 Å². The van der Waals surface area contributed by atoms with Gasteiger partial charge >= 0.3 is 11.4 Å². The van der Waals surface area contributed by atoms with Crippen molar-refractivity contribution in [2.75, 3.05) is 12.4 Å². The van der Waals surface area contributed by atoms with E-state index in [1.807, 2.05) is 19.1 Å². The maximum Gasteiger partial charge on any atom is 0.355 e. The lowest BCUT2D eigenvalue weighted by atomic mass is 10.2. The van der Waals surface area contributed by atoms with E-state index in [1.54, 1.807) is 54.7 Å². The molecule has 36 heavy (non-hydrogen) atoms. The van der Waals surface area contributed by atoms with Gasteiger partial charge in [-0.15, -0.1) is 0 Å². The summed E-state index contributed by atoms with van der Waals surface area (Å²) in [6, 6.07) is 17.5. The van der Waals surface area contributed by atoms with Crippen LogP contribution in [0.15, 0.2) is 76.4 Å². The summed E-state index contributed by atoms with van der Waals surface area (Å²) in [5.41, 5.74) is 0.695. The highest BCUT2D eigenvalue weighted by molar-refractivity contribution is 6.30. The number of ether oxygens (including phenoxy) is 1. The number of aromatic nitrogens is 4. The van der Waals surface area contributed by atoms with Crippen molar-refractivity contribution >= 4 is 29.1 Å². The maximum atomic E-state index is 13.2. The Hall–Kier alpha value is -4.44. The lowest BCUT2D eigenvalue weighted by molar-refractivity contribution is -0.121. The second kappa shape index (κ2) is 10.9. The predicted octanol–water partition coefficient (Wildman–Crippen LogP) is 3.09. The van der Waals surface area contributed by atoms with Crippen LogP contribution in [0.3, 0.4) is 0 Å². The number of hydrogen-bond donors (Lipinski definition) is 2. The first-order valence-corrected chi connectivity index (χ1v) is 11.3. The lowest BCUT2D eigenvalue weighted by Gasteiger charge is -2.16. The third kappa shape index (κ3) is 5.97. The summed E-state index contributed by atoms with van der Waals surface area (Å²) in [5, 5.41) is 5.98. The number of likely N-dealkylation sites (N-methyl/N-ethyl adjacent to an activating group) is 1. The molecular weight excluding hydrogens is 484 g/mol. The number of hydrogen-bond acceptors (Lipinski definition) is 7. The van der Waals surface area contributed by atoms with Crippen LogP contribution in [0.4, 0.5) is 11.6 Å². The number of carbonyl (C=O) groups excluding carboxylic acids is 1. The molecule has 184 valence electrons. The van der Waals surface area contributed by atoms with E-state index in [2.05, 4.69) is 20.6 Å². The molecule has 10 nitrogen and oxygen atoms in total. The average molecular weight is 507 g/mol. The van der Waals surface area contributed by atoms with Gasteiger partial charge in [-0.1, -0.05) is 23.7 Å². The Bertz CT molecular complexity index is 1480.